The number of rotatable bonds is 3. The summed E-state index contributed by atoms with van der Waals surface area (Å²) in [6.07, 6.45) is 0.239. The first kappa shape index (κ1) is 13.8. The van der Waals surface area contributed by atoms with Crippen LogP contribution in [0.2, 0.25) is 0 Å². The van der Waals surface area contributed by atoms with Crippen LogP contribution in [0.1, 0.15) is 25.3 Å². The molecule has 1 unspecified atom stereocenters. The Bertz CT molecular complexity index is 589. The molecule has 19 heavy (non-hydrogen) atoms. The first-order valence-corrected chi connectivity index (χ1v) is 6.64. The number of aromatic hydroxyl groups is 1. The summed E-state index contributed by atoms with van der Waals surface area (Å²) in [5.41, 5.74) is 0.410. The van der Waals surface area contributed by atoms with Gasteiger partial charge in [-0.15, -0.1) is 0 Å². The Morgan fingerprint density at radius 2 is 2.11 bits per heavy atom. The summed E-state index contributed by atoms with van der Waals surface area (Å²) in [4.78, 5) is 23.1. The number of aliphatic hydroxyl groups is 1. The fourth-order valence-electron chi connectivity index (χ4n) is 2.28. The number of hydrogen-bond donors (Lipinski definition) is 2. The normalized spacial score (nSPS) is 19.1. The molecule has 0 saturated heterocycles. The molecule has 1 aromatic rings. The maximum Gasteiger partial charge on any atom is 0.167 e. The van der Waals surface area contributed by atoms with Crippen molar-refractivity contribution >= 4 is 33.1 Å². The second kappa shape index (κ2) is 5.17. The van der Waals surface area contributed by atoms with Gasteiger partial charge in [0, 0.05) is 28.8 Å². The van der Waals surface area contributed by atoms with Gasteiger partial charge < -0.3 is 15.0 Å². The summed E-state index contributed by atoms with van der Waals surface area (Å²) in [6.45, 7) is 1.42. The zero-order valence-corrected chi connectivity index (χ0v) is 11.9. The molecule has 0 saturated carbocycles. The fourth-order valence-corrected chi connectivity index (χ4v) is 2.64. The lowest BCUT2D eigenvalue weighted by atomic mass is 10.0. The molecule has 0 heterocycles. The van der Waals surface area contributed by atoms with Gasteiger partial charge in [0.2, 0.25) is 0 Å². The van der Waals surface area contributed by atoms with Gasteiger partial charge in [-0.05, 0) is 25.1 Å². The molecule has 1 aromatic carbocycles. The van der Waals surface area contributed by atoms with Crippen molar-refractivity contribution in [2.24, 2.45) is 5.92 Å². The number of hydrogen-bond acceptors (Lipinski definition) is 4. The van der Waals surface area contributed by atoms with E-state index in [0.29, 0.717) is 10.0 Å². The first-order chi connectivity index (χ1) is 8.90. The molecule has 1 aliphatic carbocycles. The standard InChI is InChI=1S/C14H13BrO4/c1-7(16)4-8-5-12(18)13(14(8)19)10-6-9(15)2-3-11(10)17/h2-3,6,8,17,19H,4-5H2,1H3. The van der Waals surface area contributed by atoms with E-state index >= 15 is 0 Å². The smallest absolute Gasteiger partial charge is 0.167 e. The lowest BCUT2D eigenvalue weighted by Crippen LogP contribution is -2.05. The zero-order chi connectivity index (χ0) is 14.2. The number of carbonyl (C=O) groups is 2. The average molecular weight is 325 g/mol. The van der Waals surface area contributed by atoms with Crippen LogP contribution in [-0.2, 0) is 9.59 Å². The van der Waals surface area contributed by atoms with Crippen molar-refractivity contribution in [3.8, 4) is 5.75 Å². The summed E-state index contributed by atoms with van der Waals surface area (Å²) < 4.78 is 0.698. The SMILES string of the molecule is CC(=O)CC1CC(=O)C(c2cc(Br)ccc2O)=C1O. The molecule has 0 fully saturated rings. The summed E-state index contributed by atoms with van der Waals surface area (Å²) in [5.74, 6) is -0.977. The third kappa shape index (κ3) is 2.71. The Labute approximate surface area is 118 Å². The van der Waals surface area contributed by atoms with Crippen LogP contribution in [-0.4, -0.2) is 21.8 Å². The molecule has 0 spiro atoms. The van der Waals surface area contributed by atoms with Crippen molar-refractivity contribution in [2.75, 3.05) is 0 Å². The molecule has 0 aliphatic heterocycles. The van der Waals surface area contributed by atoms with E-state index in [-0.39, 0.29) is 41.5 Å². The number of phenols is 1. The number of phenolic OH excluding ortho intramolecular Hbond substituents is 1. The Morgan fingerprint density at radius 1 is 1.42 bits per heavy atom. The molecule has 0 bridgehead atoms. The van der Waals surface area contributed by atoms with Gasteiger partial charge in [0.25, 0.3) is 0 Å². The van der Waals surface area contributed by atoms with Crippen LogP contribution in [0, 0.1) is 5.92 Å². The van der Waals surface area contributed by atoms with Crippen LogP contribution in [0.15, 0.2) is 28.4 Å². The molecular weight excluding hydrogens is 312 g/mol. The van der Waals surface area contributed by atoms with Gasteiger partial charge in [0.15, 0.2) is 5.78 Å². The highest BCUT2D eigenvalue weighted by molar-refractivity contribution is 9.10. The quantitative estimate of drug-likeness (QED) is 0.896. The van der Waals surface area contributed by atoms with Gasteiger partial charge in [-0.1, -0.05) is 15.9 Å². The van der Waals surface area contributed by atoms with E-state index in [1.165, 1.54) is 13.0 Å². The van der Waals surface area contributed by atoms with Crippen LogP contribution >= 0.6 is 15.9 Å². The van der Waals surface area contributed by atoms with E-state index in [0.717, 1.165) is 0 Å². The van der Waals surface area contributed by atoms with Crippen molar-refractivity contribution in [1.82, 2.24) is 0 Å². The molecule has 2 N–H and O–H groups in total. The fraction of sp³-hybridized carbons (Fsp3) is 0.286. The predicted molar refractivity (Wildman–Crippen MR) is 73.8 cm³/mol. The largest absolute Gasteiger partial charge is 0.511 e. The average Bonchev–Trinajstić information content (AvgIpc) is 2.57. The maximum absolute atomic E-state index is 12.0. The summed E-state index contributed by atoms with van der Waals surface area (Å²) in [5, 5.41) is 19.9. The molecule has 4 nitrogen and oxygen atoms in total. The maximum atomic E-state index is 12.0. The molecular formula is C14H13BrO4. The Balaban J connectivity index is 2.47. The van der Waals surface area contributed by atoms with E-state index in [9.17, 15) is 19.8 Å². The zero-order valence-electron chi connectivity index (χ0n) is 10.3. The molecule has 5 heteroatoms. The second-order valence-corrected chi connectivity index (χ2v) is 5.57. The van der Waals surface area contributed by atoms with Gasteiger partial charge in [-0.25, -0.2) is 0 Å². The van der Waals surface area contributed by atoms with Crippen molar-refractivity contribution < 1.29 is 19.8 Å². The summed E-state index contributed by atoms with van der Waals surface area (Å²) in [7, 11) is 0. The van der Waals surface area contributed by atoms with Gasteiger partial charge in [-0.3, -0.25) is 4.79 Å². The number of allylic oxidation sites excluding steroid dienone is 2. The van der Waals surface area contributed by atoms with Gasteiger partial charge in [0.1, 0.15) is 17.3 Å². The summed E-state index contributed by atoms with van der Waals surface area (Å²) >= 11 is 3.26. The van der Waals surface area contributed by atoms with E-state index in [1.807, 2.05) is 0 Å². The van der Waals surface area contributed by atoms with Crippen LogP contribution in [0.3, 0.4) is 0 Å². The third-order valence-corrected chi connectivity index (χ3v) is 3.61. The lowest BCUT2D eigenvalue weighted by molar-refractivity contribution is -0.118. The molecule has 0 aromatic heterocycles. The molecule has 1 aliphatic rings. The number of Topliss-reactive ketones (excluding diaryl/α,β-unsaturated/α-hetero) is 2. The number of halogens is 1. The highest BCUT2D eigenvalue weighted by atomic mass is 79.9. The van der Waals surface area contributed by atoms with E-state index in [1.54, 1.807) is 12.1 Å². The Hall–Kier alpha value is -1.62. The minimum Gasteiger partial charge on any atom is -0.511 e. The summed E-state index contributed by atoms with van der Waals surface area (Å²) in [6, 6.07) is 4.67. The van der Waals surface area contributed by atoms with Crippen molar-refractivity contribution in [2.45, 2.75) is 19.8 Å². The Kier molecular flexibility index (Phi) is 3.75. The van der Waals surface area contributed by atoms with Crippen LogP contribution in [0.25, 0.3) is 5.57 Å². The van der Waals surface area contributed by atoms with Crippen LogP contribution < -0.4 is 0 Å². The molecule has 2 rings (SSSR count). The minimum atomic E-state index is -0.474. The predicted octanol–water partition coefficient (Wildman–Crippen LogP) is 2.99. The van der Waals surface area contributed by atoms with Crippen molar-refractivity contribution in [1.29, 1.82) is 0 Å². The lowest BCUT2D eigenvalue weighted by Gasteiger charge is -2.08. The second-order valence-electron chi connectivity index (χ2n) is 4.65. The van der Waals surface area contributed by atoms with Crippen molar-refractivity contribution in [3.63, 3.8) is 0 Å². The number of aliphatic hydroxyl groups excluding tert-OH is 1. The molecule has 100 valence electrons. The van der Waals surface area contributed by atoms with E-state index in [4.69, 9.17) is 0 Å². The number of carbonyl (C=O) groups excluding carboxylic acids is 2. The monoisotopic (exact) mass is 324 g/mol. The van der Waals surface area contributed by atoms with E-state index < -0.39 is 5.92 Å². The highest BCUT2D eigenvalue weighted by Crippen LogP contribution is 2.39. The molecule has 0 radical (unpaired) electrons. The highest BCUT2D eigenvalue weighted by Gasteiger charge is 2.34. The molecule has 0 amide bonds. The van der Waals surface area contributed by atoms with Crippen LogP contribution in [0.4, 0.5) is 0 Å². The number of benzene rings is 1. The van der Waals surface area contributed by atoms with Crippen LogP contribution in [0.5, 0.6) is 5.75 Å². The molecule has 1 atom stereocenters. The van der Waals surface area contributed by atoms with Gasteiger partial charge in [-0.2, -0.15) is 0 Å². The van der Waals surface area contributed by atoms with Gasteiger partial charge in [0.05, 0.1) is 5.57 Å². The topological polar surface area (TPSA) is 74.6 Å². The minimum absolute atomic E-state index is 0.0680. The number of ketones is 2. The first-order valence-electron chi connectivity index (χ1n) is 5.84. The van der Waals surface area contributed by atoms with Gasteiger partial charge >= 0.3 is 0 Å². The third-order valence-electron chi connectivity index (χ3n) is 3.12. The van der Waals surface area contributed by atoms with Crippen molar-refractivity contribution in [3.05, 3.63) is 34.0 Å². The Morgan fingerprint density at radius 3 is 2.74 bits per heavy atom. The van der Waals surface area contributed by atoms with E-state index in [2.05, 4.69) is 15.9 Å².